The first-order valence-electron chi connectivity index (χ1n) is 13.7. The molecule has 12 nitrogen and oxygen atoms in total. The van der Waals surface area contributed by atoms with E-state index in [-0.39, 0.29) is 28.7 Å². The van der Waals surface area contributed by atoms with Crippen LogP contribution >= 0.6 is 0 Å². The van der Waals surface area contributed by atoms with E-state index < -0.39 is 31.4 Å². The number of hydrogen-bond donors (Lipinski definition) is 5. The first-order valence-corrected chi connectivity index (χ1v) is 13.7. The van der Waals surface area contributed by atoms with E-state index in [0.717, 1.165) is 32.3 Å². The Labute approximate surface area is 246 Å². The highest BCUT2D eigenvalue weighted by molar-refractivity contribution is 5.83. The Kier molecular flexibility index (Phi) is 19.1. The van der Waals surface area contributed by atoms with E-state index in [1.54, 1.807) is 4.90 Å². The molecule has 0 aromatic heterocycles. The summed E-state index contributed by atoms with van der Waals surface area (Å²) in [7, 11) is 1.00. The minimum absolute atomic E-state index is 0.000416. The van der Waals surface area contributed by atoms with E-state index in [1.807, 2.05) is 33.6 Å². The van der Waals surface area contributed by atoms with E-state index in [1.165, 1.54) is 0 Å². The molecule has 3 fully saturated rings. The third-order valence-electron chi connectivity index (χ3n) is 6.99. The van der Waals surface area contributed by atoms with Crippen LogP contribution in [0, 0.1) is 39.4 Å². The number of aliphatic hydroxyl groups is 2. The van der Waals surface area contributed by atoms with Crippen LogP contribution in [0.1, 0.15) is 67.2 Å². The summed E-state index contributed by atoms with van der Waals surface area (Å²) in [6, 6.07) is -0.798. The maximum atomic E-state index is 12.4. The summed E-state index contributed by atoms with van der Waals surface area (Å²) in [4.78, 5) is 42.9. The molecule has 42 heavy (non-hydrogen) atoms. The lowest BCUT2D eigenvalue weighted by molar-refractivity contribution is -0.164. The molecule has 3 aliphatic rings. The monoisotopic (exact) mass is 610 g/mol. The van der Waals surface area contributed by atoms with Gasteiger partial charge in [-0.15, -0.1) is 4.91 Å². The van der Waals surface area contributed by atoms with Crippen molar-refractivity contribution in [3.05, 3.63) is 4.91 Å². The third kappa shape index (κ3) is 14.9. The molecule has 2 saturated heterocycles. The predicted octanol–water partition coefficient (Wildman–Crippen LogP) is 2.30. The number of carbonyl (C=O) groups is 3. The largest absolute Gasteiger partial charge is 0.406 e. The Hall–Kier alpha value is -2.83. The summed E-state index contributed by atoms with van der Waals surface area (Å²) in [6.45, 7) is 14.2. The van der Waals surface area contributed by atoms with E-state index in [2.05, 4.69) is 42.1 Å². The van der Waals surface area contributed by atoms with Crippen LogP contribution in [0.5, 0.6) is 0 Å². The lowest BCUT2D eigenvalue weighted by Gasteiger charge is -2.23. The van der Waals surface area contributed by atoms with Crippen molar-refractivity contribution >= 4 is 18.6 Å². The fraction of sp³-hybridized carbons (Fsp3) is 0.852. The molecule has 0 bridgehead atoms. The molecule has 4 unspecified atom stereocenters. The molecule has 1 aliphatic carbocycles. The lowest BCUT2D eigenvalue weighted by atomic mass is 9.84. The van der Waals surface area contributed by atoms with Crippen molar-refractivity contribution in [3.63, 3.8) is 0 Å². The van der Waals surface area contributed by atoms with Gasteiger partial charge in [0.1, 0.15) is 18.9 Å². The standard InChI is InChI=1S/C12H21F3N2O2.C9H12N4O2.C4H10.CH4O.CH2O/c1-8-5-17(7-11(8,2)3)10(19)4-16-9(6-18)12(13,14)15;10-5-7(12-13-15)3-6-4-9(1-2-9)11-8(6)14;1-4(2)3;2*1-2/h8-9,16,18H,4-7H2,1-3H3;6-7H,1-4H2,(H,11,14)(H,12,15);4H,1-3H3;2H,1H3;1H2. The molecule has 2 amide bonds. The summed E-state index contributed by atoms with van der Waals surface area (Å²) in [5.74, 6) is 0.625. The maximum absolute atomic E-state index is 12.4. The number of likely N-dealkylation sites (tertiary alicyclic amines) is 1. The van der Waals surface area contributed by atoms with Gasteiger partial charge in [0.25, 0.3) is 0 Å². The number of rotatable bonds is 8. The van der Waals surface area contributed by atoms with Crippen LogP contribution in [0.25, 0.3) is 0 Å². The summed E-state index contributed by atoms with van der Waals surface area (Å²) in [6.07, 6.45) is -1.34. The molecule has 5 N–H and O–H groups in total. The molecule has 1 saturated carbocycles. The first-order chi connectivity index (χ1) is 19.5. The van der Waals surface area contributed by atoms with Gasteiger partial charge in [-0.05, 0) is 42.9 Å². The lowest BCUT2D eigenvalue weighted by Crippen LogP contribution is -2.49. The van der Waals surface area contributed by atoms with E-state index in [9.17, 15) is 27.7 Å². The number of alkyl halides is 3. The number of nitrogens with one attached hydrogen (secondary N) is 3. The zero-order chi connectivity index (χ0) is 33.3. The van der Waals surface area contributed by atoms with Crippen LogP contribution < -0.4 is 16.1 Å². The molecule has 4 atom stereocenters. The van der Waals surface area contributed by atoms with Gasteiger partial charge >= 0.3 is 6.18 Å². The van der Waals surface area contributed by atoms with E-state index in [0.29, 0.717) is 25.4 Å². The normalized spacial score (nSPS) is 22.2. The highest BCUT2D eigenvalue weighted by atomic mass is 19.4. The fourth-order valence-corrected chi connectivity index (χ4v) is 4.22. The maximum Gasteiger partial charge on any atom is 0.406 e. The minimum atomic E-state index is -4.55. The van der Waals surface area contributed by atoms with Gasteiger partial charge in [0.05, 0.1) is 24.5 Å². The fourth-order valence-electron chi connectivity index (χ4n) is 4.22. The van der Waals surface area contributed by atoms with Gasteiger partial charge in [0, 0.05) is 31.7 Å². The second kappa shape index (κ2) is 19.4. The molecule has 1 spiro atoms. The average Bonchev–Trinajstić information content (AvgIpc) is 3.50. The second-order valence-corrected chi connectivity index (χ2v) is 11.9. The highest BCUT2D eigenvalue weighted by Gasteiger charge is 2.52. The molecule has 0 radical (unpaired) electrons. The number of nitroso groups, excluding NO2 is 1. The second-order valence-electron chi connectivity index (χ2n) is 11.9. The van der Waals surface area contributed by atoms with Crippen molar-refractivity contribution in [2.75, 3.05) is 33.4 Å². The number of halogens is 3. The number of aliphatic hydroxyl groups excluding tert-OH is 2. The topological polar surface area (TPSA) is 184 Å². The van der Waals surface area contributed by atoms with Gasteiger partial charge in [-0.3, -0.25) is 20.3 Å². The molecule has 15 heteroatoms. The van der Waals surface area contributed by atoms with Crippen LogP contribution in [0.3, 0.4) is 0 Å². The molecule has 3 rings (SSSR count). The van der Waals surface area contributed by atoms with E-state index >= 15 is 0 Å². The predicted molar refractivity (Wildman–Crippen MR) is 151 cm³/mol. The zero-order valence-corrected chi connectivity index (χ0v) is 25.8. The smallest absolute Gasteiger partial charge is 0.400 e. The minimum Gasteiger partial charge on any atom is -0.400 e. The number of amides is 2. The highest BCUT2D eigenvalue weighted by Crippen LogP contribution is 2.46. The van der Waals surface area contributed by atoms with Gasteiger partial charge < -0.3 is 25.2 Å². The Morgan fingerprint density at radius 3 is 2.12 bits per heavy atom. The quantitative estimate of drug-likeness (QED) is 0.203. The number of nitrogens with zero attached hydrogens (tertiary/aromatic N) is 3. The van der Waals surface area contributed by atoms with Crippen LogP contribution in [-0.4, -0.2) is 90.9 Å². The third-order valence-corrected chi connectivity index (χ3v) is 6.99. The molecule has 0 aromatic rings. The SMILES string of the molecule is C=O.CC(C)C.CC1CN(C(=O)CNC(CO)C(F)(F)F)CC1(C)C.CO.N#CC(CC1CC2(CC2)NC1=O)NN=O. The average molecular weight is 611 g/mol. The Morgan fingerprint density at radius 2 is 1.79 bits per heavy atom. The summed E-state index contributed by atoms with van der Waals surface area (Å²) in [5.41, 5.74) is 2.16. The molecule has 2 aliphatic heterocycles. The van der Waals surface area contributed by atoms with Crippen molar-refractivity contribution in [2.24, 2.45) is 28.5 Å². The number of hydrogen-bond acceptors (Lipinski definition) is 9. The van der Waals surface area contributed by atoms with Crippen molar-refractivity contribution in [3.8, 4) is 6.07 Å². The summed E-state index contributed by atoms with van der Waals surface area (Å²) < 4.78 is 37.2. The molecular weight excluding hydrogens is 561 g/mol. The van der Waals surface area contributed by atoms with Crippen LogP contribution in [0.15, 0.2) is 5.29 Å². The summed E-state index contributed by atoms with van der Waals surface area (Å²) in [5, 5.41) is 31.8. The van der Waals surface area contributed by atoms with Crippen molar-refractivity contribution in [1.29, 1.82) is 5.26 Å². The van der Waals surface area contributed by atoms with Crippen LogP contribution in [0.2, 0.25) is 0 Å². The van der Waals surface area contributed by atoms with Gasteiger partial charge in [0.15, 0.2) is 0 Å². The number of carbonyl (C=O) groups excluding carboxylic acids is 3. The van der Waals surface area contributed by atoms with E-state index in [4.69, 9.17) is 20.3 Å². The van der Waals surface area contributed by atoms with Gasteiger partial charge in [0.2, 0.25) is 11.8 Å². The van der Waals surface area contributed by atoms with Crippen LogP contribution in [-0.2, 0) is 14.4 Å². The molecular formula is C27H49F3N6O6. The van der Waals surface area contributed by atoms with Gasteiger partial charge in [-0.2, -0.15) is 18.4 Å². The Bertz CT molecular complexity index is 862. The summed E-state index contributed by atoms with van der Waals surface area (Å²) >= 11 is 0. The Morgan fingerprint density at radius 1 is 1.26 bits per heavy atom. The van der Waals surface area contributed by atoms with Crippen molar-refractivity contribution < 1.29 is 37.8 Å². The Balaban J connectivity index is 0. The first kappa shape index (κ1) is 41.3. The van der Waals surface area contributed by atoms with Crippen LogP contribution in [0.4, 0.5) is 13.2 Å². The van der Waals surface area contributed by atoms with Gasteiger partial charge in [-0.1, -0.05) is 41.5 Å². The number of nitriles is 1. The van der Waals surface area contributed by atoms with Crippen molar-refractivity contribution in [2.45, 2.75) is 91.0 Å². The van der Waals surface area contributed by atoms with Gasteiger partial charge in [-0.25, -0.2) is 0 Å². The molecule has 2 heterocycles. The van der Waals surface area contributed by atoms with Crippen molar-refractivity contribution in [1.82, 2.24) is 21.0 Å². The molecule has 0 aromatic carbocycles. The zero-order valence-electron chi connectivity index (χ0n) is 25.8. The molecule has 244 valence electrons.